The Morgan fingerprint density at radius 3 is 2.77 bits per heavy atom. The Hall–Kier alpha value is -2.40. The van der Waals surface area contributed by atoms with Gasteiger partial charge in [0.25, 0.3) is 5.91 Å². The maximum atomic E-state index is 13.4. The van der Waals surface area contributed by atoms with Crippen LogP contribution in [0.5, 0.6) is 0 Å². The summed E-state index contributed by atoms with van der Waals surface area (Å²) in [4.78, 5) is 15.4. The molecule has 0 bridgehead atoms. The van der Waals surface area contributed by atoms with Crippen molar-refractivity contribution in [2.75, 3.05) is 0 Å². The van der Waals surface area contributed by atoms with E-state index in [2.05, 4.69) is 0 Å². The zero-order valence-corrected chi connectivity index (χ0v) is 12.6. The fraction of sp³-hybridized carbons (Fsp3) is 0.118. The molecule has 0 fully saturated rings. The van der Waals surface area contributed by atoms with Gasteiger partial charge in [-0.15, -0.1) is 11.3 Å². The maximum absolute atomic E-state index is 13.4. The molecule has 0 saturated heterocycles. The second-order valence-corrected chi connectivity index (χ2v) is 5.91. The molecule has 0 aliphatic carbocycles. The number of amides is 1. The molecule has 2 aromatic heterocycles. The first kappa shape index (κ1) is 14.5. The Morgan fingerprint density at radius 2 is 2.09 bits per heavy atom. The number of thiophene rings is 1. The molecule has 0 N–H and O–H groups in total. The summed E-state index contributed by atoms with van der Waals surface area (Å²) in [5.74, 6) is -0.612. The van der Waals surface area contributed by atoms with Crippen molar-refractivity contribution < 1.29 is 13.6 Å². The van der Waals surface area contributed by atoms with Gasteiger partial charge in [-0.05, 0) is 35.7 Å². The van der Waals surface area contributed by atoms with E-state index >= 15 is 0 Å². The molecule has 22 heavy (non-hydrogen) atoms. The number of hydrogen-bond donors (Lipinski definition) is 0. The Labute approximate surface area is 131 Å². The zero-order chi connectivity index (χ0) is 15.4. The van der Waals surface area contributed by atoms with Crippen molar-refractivity contribution in [2.45, 2.75) is 13.1 Å². The highest BCUT2D eigenvalue weighted by molar-refractivity contribution is 7.09. The number of halogens is 1. The molecule has 5 heteroatoms. The lowest BCUT2D eigenvalue weighted by Crippen LogP contribution is -2.29. The largest absolute Gasteiger partial charge is 0.472 e. The van der Waals surface area contributed by atoms with E-state index in [4.69, 9.17) is 4.42 Å². The van der Waals surface area contributed by atoms with Crippen LogP contribution in [0.2, 0.25) is 0 Å². The van der Waals surface area contributed by atoms with Crippen LogP contribution in [0, 0.1) is 5.82 Å². The number of hydrogen-bond acceptors (Lipinski definition) is 3. The molecule has 3 nitrogen and oxygen atoms in total. The number of carbonyl (C=O) groups excluding carboxylic acids is 1. The van der Waals surface area contributed by atoms with Crippen LogP contribution in [0.25, 0.3) is 0 Å². The Balaban J connectivity index is 1.85. The van der Waals surface area contributed by atoms with E-state index in [1.54, 1.807) is 40.9 Å². The summed E-state index contributed by atoms with van der Waals surface area (Å²) in [6, 6.07) is 11.5. The van der Waals surface area contributed by atoms with E-state index in [9.17, 15) is 9.18 Å². The van der Waals surface area contributed by atoms with Gasteiger partial charge in [0, 0.05) is 22.5 Å². The summed E-state index contributed by atoms with van der Waals surface area (Å²) in [5, 5.41) is 1.97. The van der Waals surface area contributed by atoms with Gasteiger partial charge < -0.3 is 9.32 Å². The van der Waals surface area contributed by atoms with Crippen molar-refractivity contribution in [3.63, 3.8) is 0 Å². The Kier molecular flexibility index (Phi) is 4.34. The maximum Gasteiger partial charge on any atom is 0.254 e. The molecule has 0 spiro atoms. The highest BCUT2D eigenvalue weighted by Crippen LogP contribution is 2.18. The molecule has 1 aromatic carbocycles. The third-order valence-corrected chi connectivity index (χ3v) is 4.10. The molecule has 1 amide bonds. The number of furan rings is 1. The van der Waals surface area contributed by atoms with Crippen molar-refractivity contribution in [1.82, 2.24) is 4.90 Å². The average Bonchev–Trinajstić information content (AvgIpc) is 3.19. The van der Waals surface area contributed by atoms with Crippen LogP contribution >= 0.6 is 11.3 Å². The molecule has 112 valence electrons. The van der Waals surface area contributed by atoms with Crippen molar-refractivity contribution in [3.8, 4) is 0 Å². The van der Waals surface area contributed by atoms with Gasteiger partial charge in [0.2, 0.25) is 0 Å². The minimum Gasteiger partial charge on any atom is -0.472 e. The fourth-order valence-electron chi connectivity index (χ4n) is 2.20. The van der Waals surface area contributed by atoms with Crippen LogP contribution in [-0.2, 0) is 13.1 Å². The summed E-state index contributed by atoms with van der Waals surface area (Å²) in [6.07, 6.45) is 3.19. The van der Waals surface area contributed by atoms with E-state index < -0.39 is 5.82 Å². The normalized spacial score (nSPS) is 10.6. The Bertz CT molecular complexity index is 702. The zero-order valence-electron chi connectivity index (χ0n) is 11.7. The molecule has 0 radical (unpaired) electrons. The molecule has 0 aliphatic rings. The first-order valence-electron chi connectivity index (χ1n) is 6.80. The predicted molar refractivity (Wildman–Crippen MR) is 83.0 cm³/mol. The van der Waals surface area contributed by atoms with Gasteiger partial charge >= 0.3 is 0 Å². The quantitative estimate of drug-likeness (QED) is 0.702. The smallest absolute Gasteiger partial charge is 0.254 e. The molecule has 0 aliphatic heterocycles. The molecule has 0 unspecified atom stereocenters. The minimum absolute atomic E-state index is 0.200. The van der Waals surface area contributed by atoms with Crippen molar-refractivity contribution in [3.05, 3.63) is 82.2 Å². The Morgan fingerprint density at radius 1 is 1.18 bits per heavy atom. The van der Waals surface area contributed by atoms with Crippen LogP contribution in [0.15, 0.2) is 64.8 Å². The summed E-state index contributed by atoms with van der Waals surface area (Å²) in [6.45, 7) is 0.905. The second-order valence-electron chi connectivity index (χ2n) is 4.88. The van der Waals surface area contributed by atoms with E-state index in [0.29, 0.717) is 18.7 Å². The van der Waals surface area contributed by atoms with Crippen LogP contribution < -0.4 is 0 Å². The monoisotopic (exact) mass is 315 g/mol. The van der Waals surface area contributed by atoms with Gasteiger partial charge in [0.05, 0.1) is 19.1 Å². The van der Waals surface area contributed by atoms with E-state index in [-0.39, 0.29) is 5.91 Å². The second kappa shape index (κ2) is 6.58. The lowest BCUT2D eigenvalue weighted by molar-refractivity contribution is 0.0731. The predicted octanol–water partition coefficient (Wildman–Crippen LogP) is 4.32. The highest BCUT2D eigenvalue weighted by atomic mass is 32.1. The third-order valence-electron chi connectivity index (χ3n) is 3.24. The SMILES string of the molecule is O=C(c1cccc(F)c1)N(Cc1ccoc1)Cc1cccs1. The number of benzene rings is 1. The lowest BCUT2D eigenvalue weighted by atomic mass is 10.1. The van der Waals surface area contributed by atoms with E-state index in [1.807, 2.05) is 23.6 Å². The topological polar surface area (TPSA) is 33.5 Å². The summed E-state index contributed by atoms with van der Waals surface area (Å²) in [7, 11) is 0. The molecule has 3 rings (SSSR count). The van der Waals surface area contributed by atoms with Crippen LogP contribution in [-0.4, -0.2) is 10.8 Å². The van der Waals surface area contributed by atoms with Crippen molar-refractivity contribution in [1.29, 1.82) is 0 Å². The number of rotatable bonds is 5. The molecule has 0 saturated carbocycles. The summed E-state index contributed by atoms with van der Waals surface area (Å²) < 4.78 is 18.4. The van der Waals surface area contributed by atoms with Crippen LogP contribution in [0.1, 0.15) is 20.8 Å². The average molecular weight is 315 g/mol. The summed E-state index contributed by atoms with van der Waals surface area (Å²) in [5.41, 5.74) is 1.25. The minimum atomic E-state index is -0.412. The molecular weight excluding hydrogens is 301 g/mol. The van der Waals surface area contributed by atoms with E-state index in [0.717, 1.165) is 10.4 Å². The van der Waals surface area contributed by atoms with Gasteiger partial charge in [-0.25, -0.2) is 4.39 Å². The van der Waals surface area contributed by atoms with Gasteiger partial charge in [-0.2, -0.15) is 0 Å². The van der Waals surface area contributed by atoms with Gasteiger partial charge in [-0.3, -0.25) is 4.79 Å². The van der Waals surface area contributed by atoms with Gasteiger partial charge in [0.1, 0.15) is 5.82 Å². The standard InChI is InChI=1S/C17H14FNO2S/c18-15-4-1-3-14(9-15)17(20)19(10-13-6-7-21-12-13)11-16-5-2-8-22-16/h1-9,12H,10-11H2. The highest BCUT2D eigenvalue weighted by Gasteiger charge is 2.18. The lowest BCUT2D eigenvalue weighted by Gasteiger charge is -2.21. The van der Waals surface area contributed by atoms with Crippen LogP contribution in [0.3, 0.4) is 0 Å². The number of carbonyl (C=O) groups is 1. The van der Waals surface area contributed by atoms with Crippen LogP contribution in [0.4, 0.5) is 4.39 Å². The molecule has 2 heterocycles. The number of nitrogens with zero attached hydrogens (tertiary/aromatic N) is 1. The molecule has 3 aromatic rings. The summed E-state index contributed by atoms with van der Waals surface area (Å²) >= 11 is 1.59. The van der Waals surface area contributed by atoms with Crippen molar-refractivity contribution >= 4 is 17.2 Å². The first-order valence-corrected chi connectivity index (χ1v) is 7.68. The van der Waals surface area contributed by atoms with Gasteiger partial charge in [-0.1, -0.05) is 12.1 Å². The van der Waals surface area contributed by atoms with E-state index in [1.165, 1.54) is 12.1 Å². The first-order chi connectivity index (χ1) is 10.7. The third kappa shape index (κ3) is 3.43. The van der Waals surface area contributed by atoms with Gasteiger partial charge in [0.15, 0.2) is 0 Å². The van der Waals surface area contributed by atoms with Crippen molar-refractivity contribution in [2.24, 2.45) is 0 Å². The molecule has 0 atom stereocenters. The fourth-order valence-corrected chi connectivity index (χ4v) is 2.92. The molecular formula is C17H14FNO2S.